The summed E-state index contributed by atoms with van der Waals surface area (Å²) in [5, 5.41) is 11.0. The van der Waals surface area contributed by atoms with E-state index in [0.29, 0.717) is 19.3 Å². The largest absolute Gasteiger partial charge is 0.462 e. The number of allylic oxidation sites excluding steroid dienone is 3. The van der Waals surface area contributed by atoms with E-state index in [1.807, 2.05) is 39.0 Å². The number of hydrogen-bond donors (Lipinski definition) is 1. The highest BCUT2D eigenvalue weighted by atomic mass is 16.6. The lowest BCUT2D eigenvalue weighted by atomic mass is 9.89. The van der Waals surface area contributed by atoms with Gasteiger partial charge in [0.1, 0.15) is 23.9 Å². The maximum atomic E-state index is 12.6. The van der Waals surface area contributed by atoms with Gasteiger partial charge in [0.15, 0.2) is 0 Å². The van der Waals surface area contributed by atoms with Crippen molar-refractivity contribution in [2.24, 2.45) is 17.8 Å². The second kappa shape index (κ2) is 15.5. The molecule has 9 atom stereocenters. The zero-order valence-corrected chi connectivity index (χ0v) is 25.6. The van der Waals surface area contributed by atoms with E-state index >= 15 is 0 Å². The van der Waals surface area contributed by atoms with Gasteiger partial charge in [-0.2, -0.15) is 0 Å². The van der Waals surface area contributed by atoms with Gasteiger partial charge in [0.2, 0.25) is 0 Å². The van der Waals surface area contributed by atoms with Gasteiger partial charge < -0.3 is 24.1 Å². The van der Waals surface area contributed by atoms with Gasteiger partial charge in [-0.05, 0) is 63.5 Å². The van der Waals surface area contributed by atoms with Crippen molar-refractivity contribution in [1.82, 2.24) is 0 Å². The third-order valence-electron chi connectivity index (χ3n) is 7.84. The van der Waals surface area contributed by atoms with Crippen LogP contribution in [0.15, 0.2) is 36.0 Å². The Hall–Kier alpha value is -2.45. The third kappa shape index (κ3) is 10.8. The summed E-state index contributed by atoms with van der Waals surface area (Å²) in [5.41, 5.74) is -0.340. The number of aliphatic hydroxyl groups is 1. The molecule has 1 saturated heterocycles. The molecule has 2 aliphatic heterocycles. The number of epoxide rings is 1. The predicted octanol–water partition coefficient (Wildman–Crippen LogP) is 5.62. The molecule has 0 amide bonds. The molecule has 2 rings (SSSR count). The summed E-state index contributed by atoms with van der Waals surface area (Å²) in [4.78, 5) is 35.6. The highest BCUT2D eigenvalue weighted by Gasteiger charge is 2.46. The fourth-order valence-corrected chi connectivity index (χ4v) is 5.37. The van der Waals surface area contributed by atoms with Gasteiger partial charge in [-0.1, -0.05) is 52.0 Å². The summed E-state index contributed by atoms with van der Waals surface area (Å²) < 4.78 is 22.7. The van der Waals surface area contributed by atoms with Crippen molar-refractivity contribution >= 4 is 17.9 Å². The summed E-state index contributed by atoms with van der Waals surface area (Å²) in [6, 6.07) is 0. The molecule has 0 bridgehead atoms. The second-order valence-corrected chi connectivity index (χ2v) is 11.8. The van der Waals surface area contributed by atoms with E-state index in [1.165, 1.54) is 13.8 Å². The van der Waals surface area contributed by atoms with Crippen molar-refractivity contribution in [2.45, 2.75) is 130 Å². The van der Waals surface area contributed by atoms with Crippen molar-refractivity contribution in [3.63, 3.8) is 0 Å². The van der Waals surface area contributed by atoms with E-state index in [4.69, 9.17) is 18.9 Å². The monoisotopic (exact) mass is 562 g/mol. The molecule has 1 fully saturated rings. The van der Waals surface area contributed by atoms with Crippen LogP contribution in [0.3, 0.4) is 0 Å². The third-order valence-corrected chi connectivity index (χ3v) is 7.84. The minimum absolute atomic E-state index is 0.0947. The minimum Gasteiger partial charge on any atom is -0.462 e. The summed E-state index contributed by atoms with van der Waals surface area (Å²) in [7, 11) is 0. The van der Waals surface area contributed by atoms with Gasteiger partial charge >= 0.3 is 17.9 Å². The highest BCUT2D eigenvalue weighted by Crippen LogP contribution is 2.37. The van der Waals surface area contributed by atoms with Crippen molar-refractivity contribution in [1.29, 1.82) is 0 Å². The Bertz CT molecular complexity index is 949. The Labute approximate surface area is 240 Å². The van der Waals surface area contributed by atoms with Gasteiger partial charge in [0.25, 0.3) is 0 Å². The van der Waals surface area contributed by atoms with Crippen molar-refractivity contribution in [3.05, 3.63) is 36.0 Å². The van der Waals surface area contributed by atoms with Crippen molar-refractivity contribution in [3.8, 4) is 0 Å². The minimum atomic E-state index is -1.23. The predicted molar refractivity (Wildman–Crippen MR) is 153 cm³/mol. The van der Waals surface area contributed by atoms with Gasteiger partial charge in [-0.15, -0.1) is 0 Å². The average Bonchev–Trinajstić information content (AvgIpc) is 3.63. The van der Waals surface area contributed by atoms with Crippen LogP contribution in [0.4, 0.5) is 0 Å². The van der Waals surface area contributed by atoms with Crippen LogP contribution in [0.5, 0.6) is 0 Å². The van der Waals surface area contributed by atoms with Crippen LogP contribution >= 0.6 is 0 Å². The molecule has 226 valence electrons. The fourth-order valence-electron chi connectivity index (χ4n) is 5.37. The lowest BCUT2D eigenvalue weighted by Gasteiger charge is -2.31. The van der Waals surface area contributed by atoms with E-state index in [1.54, 1.807) is 13.0 Å². The number of rotatable bonds is 10. The molecule has 0 aromatic heterocycles. The van der Waals surface area contributed by atoms with E-state index < -0.39 is 23.8 Å². The molecular weight excluding hydrogens is 512 g/mol. The maximum absolute atomic E-state index is 12.6. The average molecular weight is 563 g/mol. The first kappa shape index (κ1) is 33.8. The molecule has 40 heavy (non-hydrogen) atoms. The van der Waals surface area contributed by atoms with Crippen molar-refractivity contribution < 1.29 is 38.4 Å². The summed E-state index contributed by atoms with van der Waals surface area (Å²) in [5.74, 6) is -0.778. The standard InChI is InChI=1S/C32H50O8/c1-9-26(37-24(6)33)23(5)31-27(39-31)19-20(2)13-12-14-21(3)30-22(4)16-17-28(38-25(7)34)32(8,36)18-11-10-15-29(35)40-30/h12-14,16-17,20,22-23,26-28,30-31,36H,9-11,15,18-19H2,1-8H3/b13-12+,17-16+,21-14+. The summed E-state index contributed by atoms with van der Waals surface area (Å²) >= 11 is 0. The fraction of sp³-hybridized carbons (Fsp3) is 0.719. The van der Waals surface area contributed by atoms with Crippen LogP contribution in [-0.2, 0) is 33.3 Å². The Morgan fingerprint density at radius 3 is 2.50 bits per heavy atom. The highest BCUT2D eigenvalue weighted by molar-refractivity contribution is 5.70. The van der Waals surface area contributed by atoms with Crippen LogP contribution in [0.25, 0.3) is 0 Å². The Morgan fingerprint density at radius 1 is 1.18 bits per heavy atom. The van der Waals surface area contributed by atoms with Crippen LogP contribution in [-0.4, -0.2) is 59.1 Å². The quantitative estimate of drug-likeness (QED) is 0.120. The Kier molecular flexibility index (Phi) is 13.1. The Morgan fingerprint density at radius 2 is 1.88 bits per heavy atom. The first-order valence-corrected chi connectivity index (χ1v) is 14.7. The Balaban J connectivity index is 2.06. The first-order chi connectivity index (χ1) is 18.7. The molecule has 0 saturated carbocycles. The SMILES string of the molecule is CCC(OC(C)=O)C(C)C1OC1CC(C)/C=C/C=C(\C)C1OC(=O)CCCCC(C)(O)C(OC(C)=O)/C=C/C1C. The molecule has 0 aliphatic carbocycles. The molecule has 0 radical (unpaired) electrons. The molecule has 9 unspecified atom stereocenters. The number of carbonyl (C=O) groups is 3. The molecule has 0 aromatic rings. The molecular formula is C32H50O8. The van der Waals surface area contributed by atoms with Crippen molar-refractivity contribution in [2.75, 3.05) is 0 Å². The summed E-state index contributed by atoms with van der Waals surface area (Å²) in [6.45, 7) is 14.5. The molecule has 8 nitrogen and oxygen atoms in total. The smallest absolute Gasteiger partial charge is 0.306 e. The van der Waals surface area contributed by atoms with E-state index in [0.717, 1.165) is 18.4 Å². The van der Waals surface area contributed by atoms with Crippen LogP contribution < -0.4 is 0 Å². The van der Waals surface area contributed by atoms with Gasteiger partial charge in [-0.3, -0.25) is 14.4 Å². The van der Waals surface area contributed by atoms with E-state index in [9.17, 15) is 19.5 Å². The number of hydrogen-bond acceptors (Lipinski definition) is 8. The normalized spacial score (nSPS) is 33.1. The molecule has 0 spiro atoms. The number of esters is 3. The van der Waals surface area contributed by atoms with Crippen LogP contribution in [0, 0.1) is 17.8 Å². The van der Waals surface area contributed by atoms with Gasteiger partial charge in [0, 0.05) is 32.1 Å². The van der Waals surface area contributed by atoms with Crippen LogP contribution in [0.2, 0.25) is 0 Å². The zero-order valence-electron chi connectivity index (χ0n) is 25.6. The molecule has 8 heteroatoms. The van der Waals surface area contributed by atoms with Crippen LogP contribution in [0.1, 0.15) is 93.9 Å². The first-order valence-electron chi connectivity index (χ1n) is 14.7. The van der Waals surface area contributed by atoms with Gasteiger partial charge in [0.05, 0.1) is 12.2 Å². The van der Waals surface area contributed by atoms with E-state index in [-0.39, 0.29) is 54.4 Å². The summed E-state index contributed by atoms with van der Waals surface area (Å²) in [6.07, 6.45) is 11.9. The lowest BCUT2D eigenvalue weighted by molar-refractivity contribution is -0.156. The molecule has 1 N–H and O–H groups in total. The number of cyclic esters (lactones) is 1. The number of carbonyl (C=O) groups excluding carboxylic acids is 3. The number of ether oxygens (including phenoxy) is 4. The maximum Gasteiger partial charge on any atom is 0.306 e. The molecule has 0 aromatic carbocycles. The lowest BCUT2D eigenvalue weighted by Crippen LogP contribution is -2.41. The molecule has 2 aliphatic rings. The zero-order chi connectivity index (χ0) is 30.0. The topological polar surface area (TPSA) is 112 Å². The second-order valence-electron chi connectivity index (χ2n) is 11.8. The van der Waals surface area contributed by atoms with E-state index in [2.05, 4.69) is 19.9 Å². The van der Waals surface area contributed by atoms with Gasteiger partial charge in [-0.25, -0.2) is 0 Å². The molecule has 2 heterocycles.